The number of carbonyl (C=O) groups is 1. The van der Waals surface area contributed by atoms with Crippen LogP contribution in [0.3, 0.4) is 0 Å². The van der Waals surface area contributed by atoms with E-state index >= 15 is 0 Å². The topological polar surface area (TPSA) is 63.3 Å². The van der Waals surface area contributed by atoms with Gasteiger partial charge in [0.05, 0.1) is 26.4 Å². The van der Waals surface area contributed by atoms with Crippen LogP contribution in [0.1, 0.15) is 6.92 Å². The molecule has 1 heterocycles. The molecular weight excluding hydrogens is 382 g/mol. The number of methoxy groups -OCH3 is 1. The Morgan fingerprint density at radius 2 is 1.73 bits per heavy atom. The van der Waals surface area contributed by atoms with Crippen molar-refractivity contribution in [3.05, 3.63) is 48.5 Å². The molecular formula is C23H31N3O4. The SMILES string of the molecule is COc1ccc(OCCN(C)C(C)C(=O)Nc2ccc(N3CCOCC3)cc2)cc1. The number of ether oxygens (including phenoxy) is 3. The van der Waals surface area contributed by atoms with Crippen molar-refractivity contribution in [3.8, 4) is 11.5 Å². The number of carbonyl (C=O) groups excluding carboxylic acids is 1. The fourth-order valence-corrected chi connectivity index (χ4v) is 3.20. The predicted molar refractivity (Wildman–Crippen MR) is 119 cm³/mol. The maximum atomic E-state index is 12.6. The first kappa shape index (κ1) is 21.9. The molecule has 1 atom stereocenters. The number of morpholine rings is 1. The lowest BCUT2D eigenvalue weighted by molar-refractivity contribution is -0.120. The lowest BCUT2D eigenvalue weighted by Crippen LogP contribution is -2.41. The van der Waals surface area contributed by atoms with Crippen molar-refractivity contribution >= 4 is 17.3 Å². The summed E-state index contributed by atoms with van der Waals surface area (Å²) in [6.45, 7) is 6.32. The van der Waals surface area contributed by atoms with Gasteiger partial charge in [-0.3, -0.25) is 9.69 Å². The van der Waals surface area contributed by atoms with Gasteiger partial charge in [-0.1, -0.05) is 0 Å². The minimum atomic E-state index is -0.275. The van der Waals surface area contributed by atoms with E-state index in [0.717, 1.165) is 49.2 Å². The molecule has 1 N–H and O–H groups in total. The van der Waals surface area contributed by atoms with E-state index in [1.165, 1.54) is 0 Å². The van der Waals surface area contributed by atoms with Crippen molar-refractivity contribution in [1.29, 1.82) is 0 Å². The maximum absolute atomic E-state index is 12.6. The standard InChI is InChI=1S/C23H31N3O4/c1-18(25(2)12-17-30-22-10-8-21(28-3)9-11-22)23(27)24-19-4-6-20(7-5-19)26-13-15-29-16-14-26/h4-11,18H,12-17H2,1-3H3,(H,24,27). The number of likely N-dealkylation sites (N-methyl/N-ethyl adjacent to an activating group) is 1. The normalized spacial score (nSPS) is 15.0. The molecule has 2 aromatic carbocycles. The monoisotopic (exact) mass is 413 g/mol. The van der Waals surface area contributed by atoms with Gasteiger partial charge in [0, 0.05) is 31.0 Å². The van der Waals surface area contributed by atoms with Crippen LogP contribution in [-0.2, 0) is 9.53 Å². The molecule has 7 nitrogen and oxygen atoms in total. The van der Waals surface area contributed by atoms with Crippen molar-refractivity contribution in [1.82, 2.24) is 4.90 Å². The van der Waals surface area contributed by atoms with Gasteiger partial charge in [0.25, 0.3) is 0 Å². The number of benzene rings is 2. The number of nitrogens with zero attached hydrogens (tertiary/aromatic N) is 2. The Kier molecular flexibility index (Phi) is 7.93. The third-order valence-electron chi connectivity index (χ3n) is 5.32. The third-order valence-corrected chi connectivity index (χ3v) is 5.32. The van der Waals surface area contributed by atoms with E-state index in [0.29, 0.717) is 13.2 Å². The fourth-order valence-electron chi connectivity index (χ4n) is 3.20. The number of nitrogens with one attached hydrogen (secondary N) is 1. The van der Waals surface area contributed by atoms with Gasteiger partial charge < -0.3 is 24.4 Å². The van der Waals surface area contributed by atoms with E-state index in [4.69, 9.17) is 14.2 Å². The summed E-state index contributed by atoms with van der Waals surface area (Å²) in [6.07, 6.45) is 0. The van der Waals surface area contributed by atoms with Gasteiger partial charge in [-0.2, -0.15) is 0 Å². The summed E-state index contributed by atoms with van der Waals surface area (Å²) in [7, 11) is 3.55. The first-order valence-corrected chi connectivity index (χ1v) is 10.3. The Hall–Kier alpha value is -2.77. The van der Waals surface area contributed by atoms with Gasteiger partial charge in [-0.05, 0) is 62.5 Å². The fraction of sp³-hybridized carbons (Fsp3) is 0.435. The molecule has 0 radical (unpaired) electrons. The highest BCUT2D eigenvalue weighted by molar-refractivity contribution is 5.94. The second-order valence-electron chi connectivity index (χ2n) is 7.32. The van der Waals surface area contributed by atoms with E-state index in [1.54, 1.807) is 7.11 Å². The molecule has 1 unspecified atom stereocenters. The number of rotatable bonds is 9. The summed E-state index contributed by atoms with van der Waals surface area (Å²) in [5.74, 6) is 1.53. The van der Waals surface area contributed by atoms with E-state index in [2.05, 4.69) is 10.2 Å². The minimum absolute atomic E-state index is 0.0407. The smallest absolute Gasteiger partial charge is 0.241 e. The minimum Gasteiger partial charge on any atom is -0.497 e. The Bertz CT molecular complexity index is 789. The van der Waals surface area contributed by atoms with E-state index < -0.39 is 0 Å². The molecule has 1 aliphatic heterocycles. The van der Waals surface area contributed by atoms with Crippen LogP contribution in [0.15, 0.2) is 48.5 Å². The summed E-state index contributed by atoms with van der Waals surface area (Å²) in [4.78, 5) is 16.9. The largest absolute Gasteiger partial charge is 0.497 e. The highest BCUT2D eigenvalue weighted by atomic mass is 16.5. The van der Waals surface area contributed by atoms with Crippen molar-refractivity contribution in [3.63, 3.8) is 0 Å². The second kappa shape index (κ2) is 10.8. The lowest BCUT2D eigenvalue weighted by Gasteiger charge is -2.29. The summed E-state index contributed by atoms with van der Waals surface area (Å²) in [5, 5.41) is 2.99. The summed E-state index contributed by atoms with van der Waals surface area (Å²) >= 11 is 0. The molecule has 2 aromatic rings. The Morgan fingerprint density at radius 1 is 1.10 bits per heavy atom. The number of hydrogen-bond acceptors (Lipinski definition) is 6. The molecule has 0 spiro atoms. The zero-order valence-corrected chi connectivity index (χ0v) is 18.0. The Balaban J connectivity index is 1.43. The molecule has 0 bridgehead atoms. The lowest BCUT2D eigenvalue weighted by atomic mass is 10.2. The third kappa shape index (κ3) is 6.11. The quantitative estimate of drug-likeness (QED) is 0.682. The zero-order chi connectivity index (χ0) is 21.3. The van der Waals surface area contributed by atoms with Crippen molar-refractivity contribution in [2.45, 2.75) is 13.0 Å². The van der Waals surface area contributed by atoms with Crippen LogP contribution in [0.4, 0.5) is 11.4 Å². The Morgan fingerprint density at radius 3 is 2.37 bits per heavy atom. The molecule has 0 saturated carbocycles. The molecule has 7 heteroatoms. The molecule has 162 valence electrons. The van der Waals surface area contributed by atoms with Crippen LogP contribution in [0.25, 0.3) is 0 Å². The molecule has 30 heavy (non-hydrogen) atoms. The van der Waals surface area contributed by atoms with E-state index in [1.807, 2.05) is 67.4 Å². The van der Waals surface area contributed by atoms with Gasteiger partial charge in [0.2, 0.25) is 5.91 Å². The first-order chi connectivity index (χ1) is 14.6. The van der Waals surface area contributed by atoms with Crippen LogP contribution in [0, 0.1) is 0 Å². The molecule has 3 rings (SSSR count). The summed E-state index contributed by atoms with van der Waals surface area (Å²) < 4.78 is 16.3. The van der Waals surface area contributed by atoms with Crippen LogP contribution < -0.4 is 19.7 Å². The summed E-state index contributed by atoms with van der Waals surface area (Å²) in [5.41, 5.74) is 1.95. The summed E-state index contributed by atoms with van der Waals surface area (Å²) in [6, 6.07) is 15.2. The number of amides is 1. The second-order valence-corrected chi connectivity index (χ2v) is 7.32. The average molecular weight is 414 g/mol. The molecule has 1 saturated heterocycles. The maximum Gasteiger partial charge on any atom is 0.241 e. The first-order valence-electron chi connectivity index (χ1n) is 10.3. The molecule has 0 aromatic heterocycles. The van der Waals surface area contributed by atoms with Crippen molar-refractivity contribution in [2.75, 3.05) is 63.8 Å². The van der Waals surface area contributed by atoms with Crippen LogP contribution in [0.2, 0.25) is 0 Å². The van der Waals surface area contributed by atoms with Crippen molar-refractivity contribution in [2.24, 2.45) is 0 Å². The van der Waals surface area contributed by atoms with Gasteiger partial charge in [-0.25, -0.2) is 0 Å². The number of anilines is 2. The van der Waals surface area contributed by atoms with E-state index in [9.17, 15) is 4.79 Å². The molecule has 0 aliphatic carbocycles. The molecule has 1 fully saturated rings. The van der Waals surface area contributed by atoms with E-state index in [-0.39, 0.29) is 11.9 Å². The predicted octanol–water partition coefficient (Wildman–Crippen LogP) is 2.87. The molecule has 1 aliphatic rings. The average Bonchev–Trinajstić information content (AvgIpc) is 2.80. The Labute approximate surface area is 178 Å². The van der Waals surface area contributed by atoms with Gasteiger partial charge >= 0.3 is 0 Å². The van der Waals surface area contributed by atoms with Crippen LogP contribution >= 0.6 is 0 Å². The van der Waals surface area contributed by atoms with Crippen LogP contribution in [-0.4, -0.2) is 70.5 Å². The zero-order valence-electron chi connectivity index (χ0n) is 18.0. The van der Waals surface area contributed by atoms with Gasteiger partial charge in [0.1, 0.15) is 18.1 Å². The van der Waals surface area contributed by atoms with Gasteiger partial charge in [-0.15, -0.1) is 0 Å². The highest BCUT2D eigenvalue weighted by Crippen LogP contribution is 2.20. The molecule has 1 amide bonds. The highest BCUT2D eigenvalue weighted by Gasteiger charge is 2.18. The van der Waals surface area contributed by atoms with Crippen molar-refractivity contribution < 1.29 is 19.0 Å². The van der Waals surface area contributed by atoms with Gasteiger partial charge in [0.15, 0.2) is 0 Å². The number of hydrogen-bond donors (Lipinski definition) is 1. The van der Waals surface area contributed by atoms with Crippen LogP contribution in [0.5, 0.6) is 11.5 Å².